The standard InChI is InChI=1S/C9H12N4O4S/c1-3-6(18-9(11)12-3)7(15)13-4(8(16)17)2-5(10)14/h4H,2H2,1H3,(H2,10,14)(H2,11,12)(H,13,15)(H,16,17)/t4-/m1/s1. The van der Waals surface area contributed by atoms with Gasteiger partial charge < -0.3 is 21.9 Å². The smallest absolute Gasteiger partial charge is 0.326 e. The molecule has 0 aliphatic heterocycles. The van der Waals surface area contributed by atoms with E-state index < -0.39 is 30.2 Å². The summed E-state index contributed by atoms with van der Waals surface area (Å²) in [5, 5.41) is 11.2. The van der Waals surface area contributed by atoms with Crippen molar-refractivity contribution in [2.75, 3.05) is 5.73 Å². The summed E-state index contributed by atoms with van der Waals surface area (Å²) in [4.78, 5) is 37.3. The highest BCUT2D eigenvalue weighted by molar-refractivity contribution is 7.17. The summed E-state index contributed by atoms with van der Waals surface area (Å²) in [5.74, 6) is -2.80. The Hall–Kier alpha value is -2.16. The molecule has 1 aromatic rings. The number of aliphatic carboxylic acids is 1. The van der Waals surface area contributed by atoms with Crippen LogP contribution in [0.3, 0.4) is 0 Å². The van der Waals surface area contributed by atoms with Crippen LogP contribution >= 0.6 is 11.3 Å². The van der Waals surface area contributed by atoms with Gasteiger partial charge >= 0.3 is 5.97 Å². The first-order valence-corrected chi connectivity index (χ1v) is 5.67. The van der Waals surface area contributed by atoms with Crippen molar-refractivity contribution in [1.82, 2.24) is 10.3 Å². The normalized spacial score (nSPS) is 11.8. The molecule has 8 nitrogen and oxygen atoms in total. The van der Waals surface area contributed by atoms with Gasteiger partial charge in [-0.25, -0.2) is 9.78 Å². The molecule has 0 aliphatic rings. The largest absolute Gasteiger partial charge is 0.480 e. The molecule has 0 aromatic carbocycles. The summed E-state index contributed by atoms with van der Waals surface area (Å²) in [6, 6.07) is -1.36. The number of carboxylic acid groups (broad SMARTS) is 1. The Balaban J connectivity index is 2.81. The van der Waals surface area contributed by atoms with Crippen molar-refractivity contribution in [1.29, 1.82) is 0 Å². The van der Waals surface area contributed by atoms with Gasteiger partial charge in [0, 0.05) is 0 Å². The van der Waals surface area contributed by atoms with E-state index in [1.54, 1.807) is 6.92 Å². The molecule has 0 aliphatic carbocycles. The predicted octanol–water partition coefficient (Wildman–Crippen LogP) is -0.908. The Labute approximate surface area is 106 Å². The van der Waals surface area contributed by atoms with Crippen LogP contribution in [0.5, 0.6) is 0 Å². The highest BCUT2D eigenvalue weighted by atomic mass is 32.1. The second-order valence-electron chi connectivity index (χ2n) is 3.50. The number of thiazole rings is 1. The van der Waals surface area contributed by atoms with Gasteiger partial charge in [-0.3, -0.25) is 9.59 Å². The SMILES string of the molecule is Cc1nc(N)sc1C(=O)N[C@H](CC(N)=O)C(=O)O. The quantitative estimate of drug-likeness (QED) is 0.545. The van der Waals surface area contributed by atoms with Crippen LogP contribution in [0.25, 0.3) is 0 Å². The molecule has 0 fully saturated rings. The third-order valence-corrected chi connectivity index (χ3v) is 3.01. The van der Waals surface area contributed by atoms with E-state index in [4.69, 9.17) is 16.6 Å². The Morgan fingerprint density at radius 3 is 2.50 bits per heavy atom. The van der Waals surface area contributed by atoms with Gasteiger partial charge in [0.25, 0.3) is 5.91 Å². The average Bonchev–Trinajstić information content (AvgIpc) is 2.56. The molecule has 6 N–H and O–H groups in total. The van der Waals surface area contributed by atoms with Crippen LogP contribution in [0.15, 0.2) is 0 Å². The van der Waals surface area contributed by atoms with Crippen molar-refractivity contribution in [2.45, 2.75) is 19.4 Å². The Bertz CT molecular complexity index is 499. The minimum absolute atomic E-state index is 0.208. The predicted molar refractivity (Wildman–Crippen MR) is 64.0 cm³/mol. The third-order valence-electron chi connectivity index (χ3n) is 2.03. The number of rotatable bonds is 5. The van der Waals surface area contributed by atoms with E-state index in [1.165, 1.54) is 0 Å². The van der Waals surface area contributed by atoms with E-state index in [0.29, 0.717) is 5.69 Å². The van der Waals surface area contributed by atoms with Crippen molar-refractivity contribution < 1.29 is 19.5 Å². The minimum atomic E-state index is -1.36. The van der Waals surface area contributed by atoms with Gasteiger partial charge in [0.15, 0.2) is 5.13 Å². The van der Waals surface area contributed by atoms with Crippen LogP contribution in [0.2, 0.25) is 0 Å². The fraction of sp³-hybridized carbons (Fsp3) is 0.333. The Kier molecular flexibility index (Phi) is 4.21. The zero-order chi connectivity index (χ0) is 13.9. The molecule has 0 saturated carbocycles. The van der Waals surface area contributed by atoms with Gasteiger partial charge in [0.05, 0.1) is 12.1 Å². The maximum absolute atomic E-state index is 11.8. The van der Waals surface area contributed by atoms with Crippen LogP contribution < -0.4 is 16.8 Å². The average molecular weight is 272 g/mol. The van der Waals surface area contributed by atoms with Crippen molar-refractivity contribution >= 4 is 34.3 Å². The monoisotopic (exact) mass is 272 g/mol. The number of hydrogen-bond donors (Lipinski definition) is 4. The number of aromatic nitrogens is 1. The molecule has 0 bridgehead atoms. The van der Waals surface area contributed by atoms with Gasteiger partial charge in [0.1, 0.15) is 10.9 Å². The van der Waals surface area contributed by atoms with Crippen molar-refractivity contribution in [3.8, 4) is 0 Å². The summed E-state index contributed by atoms with van der Waals surface area (Å²) in [6.07, 6.45) is -0.478. The summed E-state index contributed by atoms with van der Waals surface area (Å²) in [7, 11) is 0. The number of nitrogens with two attached hydrogens (primary N) is 2. The number of nitrogens with one attached hydrogen (secondary N) is 1. The molecule has 2 amide bonds. The number of anilines is 1. The highest BCUT2D eigenvalue weighted by Crippen LogP contribution is 2.19. The van der Waals surface area contributed by atoms with Crippen molar-refractivity contribution in [2.24, 2.45) is 5.73 Å². The number of aryl methyl sites for hydroxylation is 1. The number of nitrogen functional groups attached to an aromatic ring is 1. The Morgan fingerprint density at radius 1 is 1.50 bits per heavy atom. The number of nitrogens with zero attached hydrogens (tertiary/aromatic N) is 1. The van der Waals surface area contributed by atoms with E-state index >= 15 is 0 Å². The lowest BCUT2D eigenvalue weighted by Crippen LogP contribution is -2.43. The molecule has 98 valence electrons. The molecule has 18 heavy (non-hydrogen) atoms. The van der Waals surface area contributed by atoms with Gasteiger partial charge in [0.2, 0.25) is 5.91 Å². The summed E-state index contributed by atoms with van der Waals surface area (Å²) < 4.78 is 0. The number of primary amides is 1. The molecule has 1 aromatic heterocycles. The first-order valence-electron chi connectivity index (χ1n) is 4.86. The minimum Gasteiger partial charge on any atom is -0.480 e. The van der Waals surface area contributed by atoms with Gasteiger partial charge in [-0.15, -0.1) is 0 Å². The van der Waals surface area contributed by atoms with Crippen molar-refractivity contribution in [3.05, 3.63) is 10.6 Å². The highest BCUT2D eigenvalue weighted by Gasteiger charge is 2.24. The fourth-order valence-electron chi connectivity index (χ4n) is 1.25. The van der Waals surface area contributed by atoms with Gasteiger partial charge in [-0.05, 0) is 6.92 Å². The lowest BCUT2D eigenvalue weighted by Gasteiger charge is -2.11. The second kappa shape index (κ2) is 5.45. The Morgan fingerprint density at radius 2 is 2.11 bits per heavy atom. The first-order chi connectivity index (χ1) is 8.31. The van der Waals surface area contributed by atoms with Crippen LogP contribution in [-0.4, -0.2) is 33.9 Å². The number of carboxylic acids is 1. The molecule has 1 atom stereocenters. The third kappa shape index (κ3) is 3.42. The number of amides is 2. The maximum atomic E-state index is 11.8. The van der Waals surface area contributed by atoms with E-state index in [1.807, 2.05) is 0 Å². The number of carbonyl (C=O) groups is 3. The fourth-order valence-corrected chi connectivity index (χ4v) is 1.99. The molecule has 0 unspecified atom stereocenters. The molecule has 0 spiro atoms. The molecule has 1 rings (SSSR count). The number of hydrogen-bond acceptors (Lipinski definition) is 6. The molecular formula is C9H12N4O4S. The number of carbonyl (C=O) groups excluding carboxylic acids is 2. The van der Waals surface area contributed by atoms with Crippen LogP contribution in [-0.2, 0) is 9.59 Å². The molecule has 1 heterocycles. The topological polar surface area (TPSA) is 148 Å². The molecule has 0 radical (unpaired) electrons. The summed E-state index contributed by atoms with van der Waals surface area (Å²) >= 11 is 0.941. The molecular weight excluding hydrogens is 260 g/mol. The van der Waals surface area contributed by atoms with Gasteiger partial charge in [-0.2, -0.15) is 0 Å². The first kappa shape index (κ1) is 13.9. The lowest BCUT2D eigenvalue weighted by atomic mass is 10.2. The van der Waals surface area contributed by atoms with Crippen molar-refractivity contribution in [3.63, 3.8) is 0 Å². The molecule has 0 saturated heterocycles. The lowest BCUT2D eigenvalue weighted by molar-refractivity contribution is -0.140. The second-order valence-corrected chi connectivity index (χ2v) is 4.53. The maximum Gasteiger partial charge on any atom is 0.326 e. The zero-order valence-corrected chi connectivity index (χ0v) is 10.3. The van der Waals surface area contributed by atoms with Gasteiger partial charge in [-0.1, -0.05) is 11.3 Å². The van der Waals surface area contributed by atoms with E-state index in [9.17, 15) is 14.4 Å². The van der Waals surface area contributed by atoms with E-state index in [2.05, 4.69) is 10.3 Å². The van der Waals surface area contributed by atoms with E-state index in [-0.39, 0.29) is 10.0 Å². The summed E-state index contributed by atoms with van der Waals surface area (Å²) in [6.45, 7) is 1.58. The summed E-state index contributed by atoms with van der Waals surface area (Å²) in [5.41, 5.74) is 10.7. The van der Waals surface area contributed by atoms with Crippen LogP contribution in [0.4, 0.5) is 5.13 Å². The van der Waals surface area contributed by atoms with Crippen LogP contribution in [0.1, 0.15) is 21.8 Å². The zero-order valence-electron chi connectivity index (χ0n) is 9.47. The van der Waals surface area contributed by atoms with Crippen LogP contribution in [0, 0.1) is 6.92 Å². The van der Waals surface area contributed by atoms with E-state index in [0.717, 1.165) is 11.3 Å². The molecule has 9 heteroatoms.